The molecule has 1 heterocycles. The smallest absolute Gasteiger partial charge is 0.232 e. The molecule has 1 amide bonds. The number of thioether (sulfide) groups is 1. The number of hydrogen-bond acceptors (Lipinski definition) is 4. The van der Waals surface area contributed by atoms with Crippen molar-refractivity contribution in [1.29, 1.82) is 5.26 Å². The Hall–Kier alpha value is -1.51. The summed E-state index contributed by atoms with van der Waals surface area (Å²) in [6.07, 6.45) is 0.554. The van der Waals surface area contributed by atoms with Crippen LogP contribution in [0.2, 0.25) is 0 Å². The van der Waals surface area contributed by atoms with E-state index in [0.29, 0.717) is 17.9 Å². The van der Waals surface area contributed by atoms with Crippen LogP contribution in [0.25, 0.3) is 0 Å². The van der Waals surface area contributed by atoms with Gasteiger partial charge in [-0.15, -0.1) is 11.8 Å². The molecule has 1 aromatic rings. The minimum atomic E-state index is -0.339. The zero-order chi connectivity index (χ0) is 15.2. The van der Waals surface area contributed by atoms with E-state index in [1.165, 1.54) is 0 Å². The highest BCUT2D eigenvalue weighted by Crippen LogP contribution is 2.21. The summed E-state index contributed by atoms with van der Waals surface area (Å²) >= 11 is 1.59. The number of nitriles is 1. The van der Waals surface area contributed by atoms with Crippen LogP contribution >= 0.6 is 11.8 Å². The monoisotopic (exact) mass is 304 g/mol. The second-order valence-corrected chi connectivity index (χ2v) is 6.42. The molecule has 1 N–H and O–H groups in total. The van der Waals surface area contributed by atoms with E-state index in [4.69, 9.17) is 5.26 Å². The van der Waals surface area contributed by atoms with Gasteiger partial charge in [0.15, 0.2) is 0 Å². The minimum absolute atomic E-state index is 0.150. The second kappa shape index (κ2) is 7.48. The third-order valence-electron chi connectivity index (χ3n) is 3.84. The van der Waals surface area contributed by atoms with E-state index in [1.807, 2.05) is 17.0 Å². The van der Waals surface area contributed by atoms with Gasteiger partial charge < -0.3 is 10.0 Å². The highest BCUT2D eigenvalue weighted by molar-refractivity contribution is 7.99. The predicted octanol–water partition coefficient (Wildman–Crippen LogP) is 2.02. The van der Waals surface area contributed by atoms with Crippen LogP contribution in [0.3, 0.4) is 0 Å². The number of nitrogens with zero attached hydrogens (tertiary/aromatic N) is 2. The molecule has 21 heavy (non-hydrogen) atoms. The summed E-state index contributed by atoms with van der Waals surface area (Å²) in [6.45, 7) is 3.22. The molecule has 5 heteroatoms. The molecule has 0 aliphatic carbocycles. The van der Waals surface area contributed by atoms with Gasteiger partial charge in [0.1, 0.15) is 0 Å². The number of amides is 1. The van der Waals surface area contributed by atoms with E-state index >= 15 is 0 Å². The number of carbonyl (C=O) groups excluding carboxylic acids is 1. The number of rotatable bonds is 5. The van der Waals surface area contributed by atoms with Crippen molar-refractivity contribution in [3.05, 3.63) is 35.4 Å². The lowest BCUT2D eigenvalue weighted by Crippen LogP contribution is -2.31. The first-order chi connectivity index (χ1) is 10.1. The molecule has 0 spiro atoms. The Morgan fingerprint density at radius 3 is 2.81 bits per heavy atom. The zero-order valence-corrected chi connectivity index (χ0v) is 13.0. The van der Waals surface area contributed by atoms with Gasteiger partial charge in [0.2, 0.25) is 5.91 Å². The first-order valence-electron chi connectivity index (χ1n) is 7.12. The van der Waals surface area contributed by atoms with Crippen molar-refractivity contribution in [3.63, 3.8) is 0 Å². The van der Waals surface area contributed by atoms with Crippen molar-refractivity contribution < 1.29 is 9.90 Å². The van der Waals surface area contributed by atoms with Crippen LogP contribution < -0.4 is 0 Å². The third kappa shape index (κ3) is 4.48. The summed E-state index contributed by atoms with van der Waals surface area (Å²) in [5.74, 6) is 1.60. The standard InChI is InChI=1S/C16H20N2O2S/c1-12(19)15-6-7-18(9-15)16(20)11-21-10-14-4-2-13(8-17)3-5-14/h2-5,12,15,19H,6-7,9-11H2,1H3. The molecule has 0 radical (unpaired) electrons. The molecule has 112 valence electrons. The molecule has 1 aliphatic heterocycles. The van der Waals surface area contributed by atoms with Crippen molar-refractivity contribution >= 4 is 17.7 Å². The minimum Gasteiger partial charge on any atom is -0.393 e. The number of carbonyl (C=O) groups is 1. The Kier molecular flexibility index (Phi) is 5.66. The van der Waals surface area contributed by atoms with E-state index in [0.717, 1.165) is 24.3 Å². The lowest BCUT2D eigenvalue weighted by Gasteiger charge is -2.17. The molecule has 2 unspecified atom stereocenters. The summed E-state index contributed by atoms with van der Waals surface area (Å²) in [4.78, 5) is 13.9. The molecule has 2 atom stereocenters. The maximum Gasteiger partial charge on any atom is 0.232 e. The summed E-state index contributed by atoms with van der Waals surface area (Å²) in [5, 5.41) is 18.3. The molecular weight excluding hydrogens is 284 g/mol. The van der Waals surface area contributed by atoms with E-state index in [-0.39, 0.29) is 17.9 Å². The molecular formula is C16H20N2O2S. The fraction of sp³-hybridized carbons (Fsp3) is 0.500. The van der Waals surface area contributed by atoms with E-state index in [2.05, 4.69) is 6.07 Å². The molecule has 1 aliphatic rings. The van der Waals surface area contributed by atoms with Crippen LogP contribution in [0.4, 0.5) is 0 Å². The van der Waals surface area contributed by atoms with Crippen LogP contribution in [0, 0.1) is 17.2 Å². The lowest BCUT2D eigenvalue weighted by molar-refractivity contribution is -0.127. The van der Waals surface area contributed by atoms with Gasteiger partial charge in [0.25, 0.3) is 0 Å². The van der Waals surface area contributed by atoms with Crippen molar-refractivity contribution in [3.8, 4) is 6.07 Å². The van der Waals surface area contributed by atoms with E-state index < -0.39 is 0 Å². The van der Waals surface area contributed by atoms with Gasteiger partial charge in [-0.3, -0.25) is 4.79 Å². The molecule has 0 saturated carbocycles. The fourth-order valence-electron chi connectivity index (χ4n) is 2.43. The summed E-state index contributed by atoms with van der Waals surface area (Å²) in [7, 11) is 0. The maximum atomic E-state index is 12.1. The van der Waals surface area contributed by atoms with Gasteiger partial charge in [-0.25, -0.2) is 0 Å². The van der Waals surface area contributed by atoms with Gasteiger partial charge in [-0.2, -0.15) is 5.26 Å². The normalized spacial score (nSPS) is 19.3. The Labute approximate surface area is 129 Å². The first kappa shape index (κ1) is 15.9. The molecule has 0 aromatic heterocycles. The molecule has 4 nitrogen and oxygen atoms in total. The van der Waals surface area contributed by atoms with Crippen LogP contribution in [0.5, 0.6) is 0 Å². The topological polar surface area (TPSA) is 64.3 Å². The molecule has 1 fully saturated rings. The Morgan fingerprint density at radius 1 is 1.52 bits per heavy atom. The SMILES string of the molecule is CC(O)C1CCN(C(=O)CSCc2ccc(C#N)cc2)C1. The molecule has 1 aromatic carbocycles. The van der Waals surface area contributed by atoms with Gasteiger partial charge in [-0.1, -0.05) is 12.1 Å². The number of hydrogen-bond donors (Lipinski definition) is 1. The Balaban J connectivity index is 1.73. The average molecular weight is 304 g/mol. The van der Waals surface area contributed by atoms with Gasteiger partial charge in [0, 0.05) is 24.8 Å². The fourth-order valence-corrected chi connectivity index (χ4v) is 3.32. The number of aliphatic hydroxyl groups is 1. The molecule has 2 rings (SSSR count). The quantitative estimate of drug-likeness (QED) is 0.904. The van der Waals surface area contributed by atoms with Crippen LogP contribution in [0.15, 0.2) is 24.3 Å². The highest BCUT2D eigenvalue weighted by atomic mass is 32.2. The number of benzene rings is 1. The Morgan fingerprint density at radius 2 is 2.24 bits per heavy atom. The van der Waals surface area contributed by atoms with E-state index in [1.54, 1.807) is 30.8 Å². The Bertz CT molecular complexity index is 522. The largest absolute Gasteiger partial charge is 0.393 e. The van der Waals surface area contributed by atoms with Crippen molar-refractivity contribution in [2.24, 2.45) is 5.92 Å². The second-order valence-electron chi connectivity index (χ2n) is 5.43. The molecule has 0 bridgehead atoms. The molecule has 1 saturated heterocycles. The van der Waals surface area contributed by atoms with Crippen LogP contribution in [0.1, 0.15) is 24.5 Å². The van der Waals surface area contributed by atoms with Crippen molar-refractivity contribution in [1.82, 2.24) is 4.90 Å². The summed E-state index contributed by atoms with van der Waals surface area (Å²) in [5.41, 5.74) is 1.77. The number of aliphatic hydroxyl groups excluding tert-OH is 1. The summed E-state index contributed by atoms with van der Waals surface area (Å²) in [6, 6.07) is 9.54. The van der Waals surface area contributed by atoms with Crippen molar-refractivity contribution in [2.75, 3.05) is 18.8 Å². The van der Waals surface area contributed by atoms with Gasteiger partial charge in [0.05, 0.1) is 23.5 Å². The van der Waals surface area contributed by atoms with Crippen LogP contribution in [-0.4, -0.2) is 40.9 Å². The van der Waals surface area contributed by atoms with Crippen LogP contribution in [-0.2, 0) is 10.5 Å². The van der Waals surface area contributed by atoms with E-state index in [9.17, 15) is 9.90 Å². The zero-order valence-electron chi connectivity index (χ0n) is 12.2. The predicted molar refractivity (Wildman–Crippen MR) is 83.7 cm³/mol. The van der Waals surface area contributed by atoms with Gasteiger partial charge in [-0.05, 0) is 31.0 Å². The van der Waals surface area contributed by atoms with Crippen molar-refractivity contribution in [2.45, 2.75) is 25.2 Å². The third-order valence-corrected chi connectivity index (χ3v) is 4.83. The average Bonchev–Trinajstić information content (AvgIpc) is 2.98. The first-order valence-corrected chi connectivity index (χ1v) is 8.28. The maximum absolute atomic E-state index is 12.1. The highest BCUT2D eigenvalue weighted by Gasteiger charge is 2.28. The lowest BCUT2D eigenvalue weighted by atomic mass is 10.0. The summed E-state index contributed by atoms with van der Waals surface area (Å²) < 4.78 is 0. The number of likely N-dealkylation sites (tertiary alicyclic amines) is 1. The van der Waals surface area contributed by atoms with Gasteiger partial charge >= 0.3 is 0 Å².